The van der Waals surface area contributed by atoms with E-state index in [0.29, 0.717) is 22.7 Å². The van der Waals surface area contributed by atoms with E-state index in [9.17, 15) is 4.79 Å². The fourth-order valence-corrected chi connectivity index (χ4v) is 3.78. The molecule has 2 aromatic carbocycles. The molecular formula is C23H21N3O3S. The van der Waals surface area contributed by atoms with Crippen LogP contribution in [0.5, 0.6) is 11.5 Å². The number of nitrogens with zero attached hydrogens (tertiary/aromatic N) is 2. The van der Waals surface area contributed by atoms with Gasteiger partial charge in [0.2, 0.25) is 0 Å². The van der Waals surface area contributed by atoms with Crippen LogP contribution in [0.1, 0.15) is 16.1 Å². The van der Waals surface area contributed by atoms with E-state index in [1.807, 2.05) is 59.3 Å². The molecule has 0 saturated carbocycles. The Kier molecular flexibility index (Phi) is 5.90. The van der Waals surface area contributed by atoms with Crippen molar-refractivity contribution in [1.29, 1.82) is 0 Å². The first-order valence-electron chi connectivity index (χ1n) is 9.34. The van der Waals surface area contributed by atoms with Gasteiger partial charge in [-0.05, 0) is 36.4 Å². The number of carbonyl (C=O) groups excluding carboxylic acids is 1. The summed E-state index contributed by atoms with van der Waals surface area (Å²) < 4.78 is 12.5. The van der Waals surface area contributed by atoms with E-state index >= 15 is 0 Å². The van der Waals surface area contributed by atoms with Gasteiger partial charge in [-0.25, -0.2) is 4.98 Å². The van der Waals surface area contributed by atoms with Crippen molar-refractivity contribution >= 4 is 29.0 Å². The lowest BCUT2D eigenvalue weighted by Gasteiger charge is -2.10. The number of nitrogens with one attached hydrogen (secondary N) is 1. The average Bonchev–Trinajstić information content (AvgIpc) is 3.20. The lowest BCUT2D eigenvalue weighted by molar-refractivity contribution is 0.102. The van der Waals surface area contributed by atoms with Crippen molar-refractivity contribution in [2.45, 2.75) is 10.6 Å². The molecule has 4 aromatic rings. The third-order valence-electron chi connectivity index (χ3n) is 4.53. The molecule has 0 spiro atoms. The number of methoxy groups -OCH3 is 2. The second-order valence-corrected chi connectivity index (χ2v) is 7.62. The van der Waals surface area contributed by atoms with Gasteiger partial charge in [0.1, 0.15) is 17.1 Å². The number of hydrogen-bond acceptors (Lipinski definition) is 5. The number of imidazole rings is 1. The third-order valence-corrected chi connectivity index (χ3v) is 5.57. The first-order valence-corrected chi connectivity index (χ1v) is 10.3. The Balaban J connectivity index is 1.39. The molecule has 2 aromatic heterocycles. The summed E-state index contributed by atoms with van der Waals surface area (Å²) in [6.45, 7) is 0. The van der Waals surface area contributed by atoms with Crippen LogP contribution in [0.2, 0.25) is 0 Å². The van der Waals surface area contributed by atoms with E-state index in [2.05, 4.69) is 10.3 Å². The fourth-order valence-electron chi connectivity index (χ4n) is 3.00. The molecule has 1 amide bonds. The summed E-state index contributed by atoms with van der Waals surface area (Å²) in [6.07, 6.45) is 4.02. The minimum atomic E-state index is -0.192. The minimum Gasteiger partial charge on any atom is -0.497 e. The quantitative estimate of drug-likeness (QED) is 0.432. The van der Waals surface area contributed by atoms with E-state index in [0.717, 1.165) is 22.0 Å². The Morgan fingerprint density at radius 1 is 1.03 bits per heavy atom. The van der Waals surface area contributed by atoms with Gasteiger partial charge < -0.3 is 19.2 Å². The number of hydrogen-bond donors (Lipinski definition) is 1. The maximum absolute atomic E-state index is 12.6. The van der Waals surface area contributed by atoms with Crippen molar-refractivity contribution in [3.8, 4) is 11.5 Å². The molecule has 0 fully saturated rings. The number of rotatable bonds is 7. The number of pyridine rings is 1. The number of benzene rings is 2. The summed E-state index contributed by atoms with van der Waals surface area (Å²) in [4.78, 5) is 18.3. The molecule has 0 aliphatic carbocycles. The van der Waals surface area contributed by atoms with Gasteiger partial charge in [-0.2, -0.15) is 0 Å². The highest BCUT2D eigenvalue weighted by Crippen LogP contribution is 2.27. The number of thioether (sulfide) groups is 1. The van der Waals surface area contributed by atoms with Gasteiger partial charge in [-0.3, -0.25) is 4.79 Å². The Labute approximate surface area is 178 Å². The normalized spacial score (nSPS) is 10.7. The molecule has 7 heteroatoms. The second-order valence-electron chi connectivity index (χ2n) is 6.57. The van der Waals surface area contributed by atoms with Crippen LogP contribution in [-0.4, -0.2) is 29.5 Å². The van der Waals surface area contributed by atoms with Crippen LogP contribution in [0, 0.1) is 0 Å². The predicted molar refractivity (Wildman–Crippen MR) is 119 cm³/mol. The van der Waals surface area contributed by atoms with Gasteiger partial charge in [-0.15, -0.1) is 11.8 Å². The van der Waals surface area contributed by atoms with Crippen LogP contribution in [0.15, 0.2) is 78.0 Å². The highest BCUT2D eigenvalue weighted by molar-refractivity contribution is 7.98. The minimum absolute atomic E-state index is 0.192. The average molecular weight is 420 g/mol. The lowest BCUT2D eigenvalue weighted by atomic mass is 10.2. The summed E-state index contributed by atoms with van der Waals surface area (Å²) in [5.41, 5.74) is 3.14. The van der Waals surface area contributed by atoms with Crippen LogP contribution in [0.3, 0.4) is 0 Å². The van der Waals surface area contributed by atoms with Crippen molar-refractivity contribution < 1.29 is 14.3 Å². The summed E-state index contributed by atoms with van der Waals surface area (Å²) in [6, 6.07) is 18.7. The Bertz CT molecular complexity index is 1120. The molecule has 4 rings (SSSR count). The zero-order valence-electron chi connectivity index (χ0n) is 16.7. The van der Waals surface area contributed by atoms with Gasteiger partial charge in [0.05, 0.1) is 19.9 Å². The largest absolute Gasteiger partial charge is 0.497 e. The van der Waals surface area contributed by atoms with Crippen LogP contribution >= 0.6 is 11.8 Å². The number of fused-ring (bicyclic) bond motifs is 1. The molecule has 0 atom stereocenters. The smallest absolute Gasteiger partial charge is 0.255 e. The molecule has 0 radical (unpaired) electrons. The zero-order chi connectivity index (χ0) is 20.9. The SMILES string of the molecule is COc1cc(NC(=O)c2ccc(SCc3cn4ccccc4n3)cc2)cc(OC)c1. The van der Waals surface area contributed by atoms with E-state index in [-0.39, 0.29) is 5.91 Å². The van der Waals surface area contributed by atoms with Crippen LogP contribution in [0.4, 0.5) is 5.69 Å². The zero-order valence-corrected chi connectivity index (χ0v) is 17.5. The van der Waals surface area contributed by atoms with Gasteiger partial charge in [0.15, 0.2) is 0 Å². The Morgan fingerprint density at radius 2 is 1.77 bits per heavy atom. The maximum atomic E-state index is 12.6. The molecule has 2 heterocycles. The second kappa shape index (κ2) is 8.92. The molecule has 0 aliphatic rings. The molecule has 0 aliphatic heterocycles. The number of amides is 1. The first kappa shape index (κ1) is 19.8. The van der Waals surface area contributed by atoms with Gasteiger partial charge >= 0.3 is 0 Å². The van der Waals surface area contributed by atoms with Gasteiger partial charge in [0, 0.05) is 52.5 Å². The van der Waals surface area contributed by atoms with Crippen molar-refractivity contribution in [3.05, 3.63) is 84.3 Å². The molecular weight excluding hydrogens is 398 g/mol. The van der Waals surface area contributed by atoms with Crippen molar-refractivity contribution in [2.24, 2.45) is 0 Å². The standard InChI is InChI=1S/C23H21N3O3S/c1-28-19-11-17(12-20(13-19)29-2)25-23(27)16-6-8-21(9-7-16)30-15-18-14-26-10-4-3-5-22(26)24-18/h3-14H,15H2,1-2H3,(H,25,27). The van der Waals surface area contributed by atoms with E-state index in [1.165, 1.54) is 0 Å². The van der Waals surface area contributed by atoms with Crippen molar-refractivity contribution in [3.63, 3.8) is 0 Å². The maximum Gasteiger partial charge on any atom is 0.255 e. The lowest BCUT2D eigenvalue weighted by Crippen LogP contribution is -2.11. The molecule has 0 saturated heterocycles. The van der Waals surface area contributed by atoms with Crippen LogP contribution in [-0.2, 0) is 5.75 Å². The van der Waals surface area contributed by atoms with E-state index in [1.54, 1.807) is 44.2 Å². The Morgan fingerprint density at radius 3 is 2.43 bits per heavy atom. The molecule has 30 heavy (non-hydrogen) atoms. The summed E-state index contributed by atoms with van der Waals surface area (Å²) >= 11 is 1.68. The van der Waals surface area contributed by atoms with Gasteiger partial charge in [0.25, 0.3) is 5.91 Å². The van der Waals surface area contributed by atoms with Gasteiger partial charge in [-0.1, -0.05) is 6.07 Å². The molecule has 0 unspecified atom stereocenters. The fraction of sp³-hybridized carbons (Fsp3) is 0.130. The number of ether oxygens (including phenoxy) is 2. The number of carbonyl (C=O) groups is 1. The van der Waals surface area contributed by atoms with Crippen molar-refractivity contribution in [1.82, 2.24) is 9.38 Å². The summed E-state index contributed by atoms with van der Waals surface area (Å²) in [7, 11) is 3.14. The van der Waals surface area contributed by atoms with Crippen LogP contribution < -0.4 is 14.8 Å². The molecule has 6 nitrogen and oxygen atoms in total. The highest BCUT2D eigenvalue weighted by atomic mass is 32.2. The van der Waals surface area contributed by atoms with Crippen molar-refractivity contribution in [2.75, 3.05) is 19.5 Å². The number of aromatic nitrogens is 2. The monoisotopic (exact) mass is 419 g/mol. The predicted octanol–water partition coefficient (Wildman–Crippen LogP) is 4.90. The van der Waals surface area contributed by atoms with E-state index in [4.69, 9.17) is 9.47 Å². The topological polar surface area (TPSA) is 64.9 Å². The number of anilines is 1. The first-order chi connectivity index (χ1) is 14.6. The molecule has 0 bridgehead atoms. The summed E-state index contributed by atoms with van der Waals surface area (Å²) in [5.74, 6) is 1.80. The molecule has 1 N–H and O–H groups in total. The summed E-state index contributed by atoms with van der Waals surface area (Å²) in [5, 5.41) is 2.88. The highest BCUT2D eigenvalue weighted by Gasteiger charge is 2.09. The van der Waals surface area contributed by atoms with Crippen LogP contribution in [0.25, 0.3) is 5.65 Å². The van der Waals surface area contributed by atoms with E-state index < -0.39 is 0 Å². The third kappa shape index (κ3) is 4.58. The Hall–Kier alpha value is -3.45. The molecule has 152 valence electrons.